The number of thioether (sulfide) groups is 1. The number of carbonyl (C=O) groups is 2. The van der Waals surface area contributed by atoms with Crippen molar-refractivity contribution in [2.45, 2.75) is 24.3 Å². The van der Waals surface area contributed by atoms with Crippen LogP contribution in [0.4, 0.5) is 5.69 Å². The molecule has 0 aliphatic carbocycles. The number of H-pyrrole nitrogens is 1. The average Bonchev–Trinajstić information content (AvgIpc) is 3.04. The van der Waals surface area contributed by atoms with E-state index in [1.807, 2.05) is 0 Å². The maximum Gasteiger partial charge on any atom is 0.356 e. The van der Waals surface area contributed by atoms with Crippen LogP contribution in [0.3, 0.4) is 0 Å². The van der Waals surface area contributed by atoms with E-state index in [0.717, 1.165) is 0 Å². The Labute approximate surface area is 154 Å². The lowest BCUT2D eigenvalue weighted by atomic mass is 10.3. The molecule has 134 valence electrons. The first-order valence-corrected chi connectivity index (χ1v) is 8.73. The van der Waals surface area contributed by atoms with E-state index in [2.05, 4.69) is 15.3 Å². The van der Waals surface area contributed by atoms with Gasteiger partial charge in [0, 0.05) is 5.02 Å². The Balaban J connectivity index is 2.01. The number of nitrogens with one attached hydrogen (secondary N) is 2. The van der Waals surface area contributed by atoms with E-state index in [1.165, 1.54) is 25.1 Å². The molecule has 2 N–H and O–H groups in total. The van der Waals surface area contributed by atoms with Crippen LogP contribution in [0.2, 0.25) is 5.02 Å². The standard InChI is InChI=1S/C16H18ClN3O4S/c1-4-24-15(22)12-8-18-16(20-12)25-9(2)14(21)19-11-7-10(17)5-6-13(11)23-3/h5-9H,4H2,1-3H3,(H,18,20)(H,19,21). The van der Waals surface area contributed by atoms with E-state index >= 15 is 0 Å². The Bertz CT molecular complexity index is 766. The predicted molar refractivity (Wildman–Crippen MR) is 96.5 cm³/mol. The Hall–Kier alpha value is -2.19. The summed E-state index contributed by atoms with van der Waals surface area (Å²) in [4.78, 5) is 30.9. The molecule has 7 nitrogen and oxygen atoms in total. The molecule has 0 aliphatic rings. The molecule has 1 aromatic heterocycles. The van der Waals surface area contributed by atoms with Gasteiger partial charge in [-0.1, -0.05) is 23.4 Å². The molecule has 0 saturated carbocycles. The van der Waals surface area contributed by atoms with Gasteiger partial charge in [-0.15, -0.1) is 0 Å². The second-order valence-electron chi connectivity index (χ2n) is 4.92. The highest BCUT2D eigenvalue weighted by atomic mass is 35.5. The molecule has 0 spiro atoms. The summed E-state index contributed by atoms with van der Waals surface area (Å²) in [7, 11) is 1.51. The van der Waals surface area contributed by atoms with Crippen molar-refractivity contribution in [1.82, 2.24) is 9.97 Å². The maximum absolute atomic E-state index is 12.4. The second-order valence-corrected chi connectivity index (χ2v) is 6.68. The van der Waals surface area contributed by atoms with E-state index in [0.29, 0.717) is 21.6 Å². The van der Waals surface area contributed by atoms with Gasteiger partial charge in [-0.3, -0.25) is 4.79 Å². The van der Waals surface area contributed by atoms with Crippen molar-refractivity contribution in [1.29, 1.82) is 0 Å². The number of esters is 1. The quantitative estimate of drug-likeness (QED) is 0.562. The summed E-state index contributed by atoms with van der Waals surface area (Å²) in [6.07, 6.45) is 1.38. The van der Waals surface area contributed by atoms with Gasteiger partial charge in [0.1, 0.15) is 11.4 Å². The summed E-state index contributed by atoms with van der Waals surface area (Å²) < 4.78 is 10.1. The van der Waals surface area contributed by atoms with E-state index < -0.39 is 11.2 Å². The van der Waals surface area contributed by atoms with Gasteiger partial charge in [0.05, 0.1) is 30.9 Å². The fourth-order valence-corrected chi connectivity index (χ4v) is 2.86. The molecule has 0 bridgehead atoms. The number of benzene rings is 1. The normalized spacial score (nSPS) is 11.7. The molecule has 2 rings (SSSR count). The summed E-state index contributed by atoms with van der Waals surface area (Å²) in [5.74, 6) is -0.222. The number of aromatic amines is 1. The topological polar surface area (TPSA) is 93.3 Å². The second kappa shape index (κ2) is 8.77. The molecule has 0 radical (unpaired) electrons. The Kier molecular flexibility index (Phi) is 6.72. The molecular formula is C16H18ClN3O4S. The fraction of sp³-hybridized carbons (Fsp3) is 0.312. The highest BCUT2D eigenvalue weighted by Gasteiger charge is 2.19. The molecule has 1 atom stereocenters. The van der Waals surface area contributed by atoms with Crippen LogP contribution in [-0.2, 0) is 9.53 Å². The van der Waals surface area contributed by atoms with Gasteiger partial charge in [0.2, 0.25) is 5.91 Å². The van der Waals surface area contributed by atoms with Gasteiger partial charge in [0.25, 0.3) is 0 Å². The van der Waals surface area contributed by atoms with Gasteiger partial charge in [-0.05, 0) is 32.0 Å². The summed E-state index contributed by atoms with van der Waals surface area (Å²) in [5, 5.41) is 3.24. The van der Waals surface area contributed by atoms with Crippen LogP contribution in [0.15, 0.2) is 29.6 Å². The van der Waals surface area contributed by atoms with Crippen LogP contribution in [-0.4, -0.2) is 40.8 Å². The number of rotatable bonds is 7. The van der Waals surface area contributed by atoms with E-state index in [1.54, 1.807) is 32.0 Å². The van der Waals surface area contributed by atoms with Crippen LogP contribution >= 0.6 is 23.4 Å². The van der Waals surface area contributed by atoms with Crippen molar-refractivity contribution in [2.24, 2.45) is 0 Å². The van der Waals surface area contributed by atoms with Gasteiger partial charge < -0.3 is 19.8 Å². The Morgan fingerprint density at radius 2 is 2.20 bits per heavy atom. The summed E-state index contributed by atoms with van der Waals surface area (Å²) >= 11 is 7.14. The van der Waals surface area contributed by atoms with Crippen molar-refractivity contribution in [3.63, 3.8) is 0 Å². The number of imidazole rings is 1. The number of amides is 1. The average molecular weight is 384 g/mol. The van der Waals surface area contributed by atoms with Gasteiger partial charge in [0.15, 0.2) is 5.16 Å². The number of hydrogen-bond acceptors (Lipinski definition) is 6. The van der Waals surface area contributed by atoms with E-state index in [9.17, 15) is 9.59 Å². The molecule has 0 aliphatic heterocycles. The van der Waals surface area contributed by atoms with Gasteiger partial charge >= 0.3 is 5.97 Å². The molecule has 1 heterocycles. The number of carbonyl (C=O) groups excluding carboxylic acids is 2. The zero-order chi connectivity index (χ0) is 18.4. The minimum Gasteiger partial charge on any atom is -0.495 e. The summed E-state index contributed by atoms with van der Waals surface area (Å²) in [6.45, 7) is 3.73. The fourth-order valence-electron chi connectivity index (χ4n) is 1.91. The number of halogens is 1. The van der Waals surface area contributed by atoms with Crippen LogP contribution in [0.5, 0.6) is 5.75 Å². The number of aromatic nitrogens is 2. The lowest BCUT2D eigenvalue weighted by Gasteiger charge is -2.13. The molecule has 1 unspecified atom stereocenters. The molecule has 2 aromatic rings. The van der Waals surface area contributed by atoms with Crippen molar-refractivity contribution >= 4 is 40.9 Å². The zero-order valence-corrected chi connectivity index (χ0v) is 15.5. The van der Waals surface area contributed by atoms with Crippen molar-refractivity contribution in [2.75, 3.05) is 19.0 Å². The van der Waals surface area contributed by atoms with Gasteiger partial charge in [-0.2, -0.15) is 0 Å². The molecule has 1 aromatic carbocycles. The smallest absolute Gasteiger partial charge is 0.356 e. The molecule has 0 saturated heterocycles. The monoisotopic (exact) mass is 383 g/mol. The van der Waals surface area contributed by atoms with Crippen LogP contribution < -0.4 is 10.1 Å². The van der Waals surface area contributed by atoms with E-state index in [4.69, 9.17) is 21.1 Å². The summed E-state index contributed by atoms with van der Waals surface area (Å²) in [5.41, 5.74) is 0.729. The Morgan fingerprint density at radius 1 is 1.44 bits per heavy atom. The SMILES string of the molecule is CCOC(=O)c1cnc(SC(C)C(=O)Nc2cc(Cl)ccc2OC)[nH]1. The summed E-state index contributed by atoms with van der Waals surface area (Å²) in [6, 6.07) is 4.96. The van der Waals surface area contributed by atoms with Crippen molar-refractivity contribution in [3.8, 4) is 5.75 Å². The lowest BCUT2D eigenvalue weighted by Crippen LogP contribution is -2.22. The largest absolute Gasteiger partial charge is 0.495 e. The highest BCUT2D eigenvalue weighted by Crippen LogP contribution is 2.29. The maximum atomic E-state index is 12.4. The number of hydrogen-bond donors (Lipinski definition) is 2. The minimum absolute atomic E-state index is 0.244. The van der Waals surface area contributed by atoms with Crippen molar-refractivity contribution < 1.29 is 19.1 Å². The van der Waals surface area contributed by atoms with Crippen LogP contribution in [0.25, 0.3) is 0 Å². The predicted octanol–water partition coefficient (Wildman–Crippen LogP) is 3.37. The zero-order valence-electron chi connectivity index (χ0n) is 14.0. The third-order valence-electron chi connectivity index (χ3n) is 3.12. The lowest BCUT2D eigenvalue weighted by molar-refractivity contribution is -0.115. The van der Waals surface area contributed by atoms with Crippen LogP contribution in [0.1, 0.15) is 24.3 Å². The molecule has 9 heteroatoms. The first-order chi connectivity index (χ1) is 11.9. The number of ether oxygens (including phenoxy) is 2. The number of nitrogens with zero attached hydrogens (tertiary/aromatic N) is 1. The van der Waals surface area contributed by atoms with Crippen molar-refractivity contribution in [3.05, 3.63) is 35.1 Å². The number of methoxy groups -OCH3 is 1. The Morgan fingerprint density at radius 3 is 2.88 bits per heavy atom. The first kappa shape index (κ1) is 19.1. The first-order valence-electron chi connectivity index (χ1n) is 7.47. The van der Waals surface area contributed by atoms with Gasteiger partial charge in [-0.25, -0.2) is 9.78 Å². The molecule has 1 amide bonds. The third-order valence-corrected chi connectivity index (χ3v) is 4.36. The third kappa shape index (κ3) is 5.14. The molecular weight excluding hydrogens is 366 g/mol. The molecule has 25 heavy (non-hydrogen) atoms. The highest BCUT2D eigenvalue weighted by molar-refractivity contribution is 8.00. The van der Waals surface area contributed by atoms with E-state index in [-0.39, 0.29) is 18.2 Å². The van der Waals surface area contributed by atoms with Crippen LogP contribution in [0, 0.1) is 0 Å². The number of anilines is 1. The minimum atomic E-state index is -0.484. The molecule has 0 fully saturated rings.